The highest BCUT2D eigenvalue weighted by molar-refractivity contribution is 5.88. The van der Waals surface area contributed by atoms with Gasteiger partial charge < -0.3 is 9.84 Å². The van der Waals surface area contributed by atoms with E-state index in [0.717, 1.165) is 0 Å². The fraction of sp³-hybridized carbons (Fsp3) is 0.417. The fourth-order valence-corrected chi connectivity index (χ4v) is 1.57. The van der Waals surface area contributed by atoms with Gasteiger partial charge in [-0.3, -0.25) is 0 Å². The topological polar surface area (TPSA) is 46.5 Å². The first-order chi connectivity index (χ1) is 8.20. The average molecular weight is 262 g/mol. The van der Waals surface area contributed by atoms with Crippen molar-refractivity contribution in [3.63, 3.8) is 0 Å². The number of halogens is 3. The second-order valence-electron chi connectivity index (χ2n) is 3.96. The largest absolute Gasteiger partial charge is 0.493 e. The monoisotopic (exact) mass is 262 g/mol. The summed E-state index contributed by atoms with van der Waals surface area (Å²) >= 11 is 0. The van der Waals surface area contributed by atoms with E-state index >= 15 is 0 Å². The first-order valence-corrected chi connectivity index (χ1v) is 5.25. The molecule has 0 radical (unpaired) electrons. The molecule has 1 N–H and O–H groups in total. The second kappa shape index (κ2) is 5.29. The van der Waals surface area contributed by atoms with Crippen LogP contribution in [0.5, 0.6) is 5.75 Å². The Balaban J connectivity index is 2.81. The maximum Gasteiger partial charge on any atom is 0.392 e. The summed E-state index contributed by atoms with van der Waals surface area (Å²) in [5.74, 6) is -0.771. The van der Waals surface area contributed by atoms with Crippen LogP contribution in [0.25, 0.3) is 0 Å². The Morgan fingerprint density at radius 3 is 2.17 bits per heavy atom. The van der Waals surface area contributed by atoms with Crippen LogP contribution in [0.2, 0.25) is 0 Å². The van der Waals surface area contributed by atoms with Crippen molar-refractivity contribution < 1.29 is 27.8 Å². The fourth-order valence-electron chi connectivity index (χ4n) is 1.57. The van der Waals surface area contributed by atoms with Gasteiger partial charge in [0.05, 0.1) is 18.6 Å². The molecule has 0 amide bonds. The zero-order valence-electron chi connectivity index (χ0n) is 9.97. The van der Waals surface area contributed by atoms with Crippen LogP contribution in [-0.2, 0) is 0 Å². The third-order valence-electron chi connectivity index (χ3n) is 2.34. The predicted octanol–water partition coefficient (Wildman–Crippen LogP) is 3.33. The van der Waals surface area contributed by atoms with E-state index in [4.69, 9.17) is 9.84 Å². The quantitative estimate of drug-likeness (QED) is 0.905. The number of ether oxygens (including phenoxy) is 1. The molecular formula is C12H13F3O3. The van der Waals surface area contributed by atoms with Crippen LogP contribution in [0.4, 0.5) is 13.2 Å². The number of aryl methyl sites for hydroxylation is 2. The van der Waals surface area contributed by atoms with Crippen LogP contribution in [0, 0.1) is 13.8 Å². The zero-order chi connectivity index (χ0) is 13.9. The molecule has 0 aliphatic carbocycles. The van der Waals surface area contributed by atoms with Gasteiger partial charge >= 0.3 is 12.1 Å². The summed E-state index contributed by atoms with van der Waals surface area (Å²) in [7, 11) is 0. The minimum Gasteiger partial charge on any atom is -0.493 e. The second-order valence-corrected chi connectivity index (χ2v) is 3.96. The molecule has 0 aliphatic heterocycles. The number of carboxylic acid groups (broad SMARTS) is 1. The summed E-state index contributed by atoms with van der Waals surface area (Å²) in [4.78, 5) is 10.8. The maximum atomic E-state index is 12.0. The molecule has 0 aromatic heterocycles. The summed E-state index contributed by atoms with van der Waals surface area (Å²) in [5, 5.41) is 8.82. The summed E-state index contributed by atoms with van der Waals surface area (Å²) in [6.07, 6.45) is -5.30. The summed E-state index contributed by atoms with van der Waals surface area (Å²) in [5.41, 5.74) is 1.11. The number of benzene rings is 1. The molecule has 0 unspecified atom stereocenters. The molecule has 0 bridgehead atoms. The number of hydrogen-bond acceptors (Lipinski definition) is 2. The summed E-state index contributed by atoms with van der Waals surface area (Å²) in [6.45, 7) is 2.72. The van der Waals surface area contributed by atoms with E-state index in [9.17, 15) is 18.0 Å². The molecule has 0 heterocycles. The molecule has 0 aliphatic rings. The van der Waals surface area contributed by atoms with Crippen molar-refractivity contribution in [2.75, 3.05) is 6.61 Å². The number of carboxylic acids is 1. The zero-order valence-corrected chi connectivity index (χ0v) is 9.97. The highest BCUT2D eigenvalue weighted by atomic mass is 19.4. The van der Waals surface area contributed by atoms with E-state index in [1.54, 1.807) is 13.8 Å². The van der Waals surface area contributed by atoms with Crippen LogP contribution in [-0.4, -0.2) is 23.9 Å². The van der Waals surface area contributed by atoms with Crippen molar-refractivity contribution in [2.45, 2.75) is 26.4 Å². The Labute approximate surface area is 102 Å². The Bertz CT molecular complexity index is 429. The van der Waals surface area contributed by atoms with E-state index in [2.05, 4.69) is 0 Å². The molecule has 1 rings (SSSR count). The number of alkyl halides is 3. The smallest absolute Gasteiger partial charge is 0.392 e. The Morgan fingerprint density at radius 1 is 1.28 bits per heavy atom. The minimum atomic E-state index is -4.26. The van der Waals surface area contributed by atoms with Crippen LogP contribution in [0.1, 0.15) is 27.9 Å². The number of hydrogen-bond donors (Lipinski definition) is 1. The van der Waals surface area contributed by atoms with Gasteiger partial charge in [0.25, 0.3) is 0 Å². The van der Waals surface area contributed by atoms with Gasteiger partial charge in [0.15, 0.2) is 0 Å². The SMILES string of the molecule is Cc1cc(C(=O)O)cc(C)c1OCCC(F)(F)F. The molecule has 3 nitrogen and oxygen atoms in total. The molecule has 1 aromatic rings. The number of carbonyl (C=O) groups is 1. The van der Waals surface area contributed by atoms with E-state index in [-0.39, 0.29) is 5.56 Å². The van der Waals surface area contributed by atoms with Crippen molar-refractivity contribution in [3.8, 4) is 5.75 Å². The van der Waals surface area contributed by atoms with Crippen molar-refractivity contribution in [1.82, 2.24) is 0 Å². The normalized spacial score (nSPS) is 11.4. The van der Waals surface area contributed by atoms with Crippen LogP contribution >= 0.6 is 0 Å². The lowest BCUT2D eigenvalue weighted by atomic mass is 10.1. The van der Waals surface area contributed by atoms with Gasteiger partial charge in [0.1, 0.15) is 5.75 Å². The van der Waals surface area contributed by atoms with E-state index < -0.39 is 25.2 Å². The lowest BCUT2D eigenvalue weighted by Crippen LogP contribution is -2.14. The minimum absolute atomic E-state index is 0.0909. The first kappa shape index (κ1) is 14.3. The highest BCUT2D eigenvalue weighted by Crippen LogP contribution is 2.26. The number of rotatable bonds is 4. The van der Waals surface area contributed by atoms with Crippen molar-refractivity contribution in [1.29, 1.82) is 0 Å². The third kappa shape index (κ3) is 3.94. The summed E-state index contributed by atoms with van der Waals surface area (Å²) < 4.78 is 41.0. The van der Waals surface area contributed by atoms with Crippen molar-refractivity contribution >= 4 is 5.97 Å². The molecule has 1 aromatic carbocycles. The molecule has 0 saturated heterocycles. The molecule has 0 spiro atoms. The first-order valence-electron chi connectivity index (χ1n) is 5.25. The molecule has 100 valence electrons. The number of aromatic carboxylic acids is 1. The Kier molecular flexibility index (Phi) is 4.21. The van der Waals surface area contributed by atoms with Gasteiger partial charge in [-0.25, -0.2) is 4.79 Å². The molecule has 0 atom stereocenters. The molecule has 0 saturated carbocycles. The third-order valence-corrected chi connectivity index (χ3v) is 2.34. The highest BCUT2D eigenvalue weighted by Gasteiger charge is 2.27. The van der Waals surface area contributed by atoms with Gasteiger partial charge in [-0.15, -0.1) is 0 Å². The van der Waals surface area contributed by atoms with Gasteiger partial charge in [-0.05, 0) is 37.1 Å². The molecule has 0 fully saturated rings. The van der Waals surface area contributed by atoms with Crippen LogP contribution in [0.15, 0.2) is 12.1 Å². The van der Waals surface area contributed by atoms with Gasteiger partial charge in [-0.2, -0.15) is 13.2 Å². The van der Waals surface area contributed by atoms with E-state index in [0.29, 0.717) is 16.9 Å². The van der Waals surface area contributed by atoms with Crippen molar-refractivity contribution in [3.05, 3.63) is 28.8 Å². The van der Waals surface area contributed by atoms with Gasteiger partial charge in [0.2, 0.25) is 0 Å². The predicted molar refractivity (Wildman–Crippen MR) is 59.0 cm³/mol. The molecule has 18 heavy (non-hydrogen) atoms. The standard InChI is InChI=1S/C12H13F3O3/c1-7-5-9(11(16)17)6-8(2)10(7)18-4-3-12(13,14)15/h5-6H,3-4H2,1-2H3,(H,16,17). The molecular weight excluding hydrogens is 249 g/mol. The Morgan fingerprint density at radius 2 is 1.78 bits per heavy atom. The van der Waals surface area contributed by atoms with E-state index in [1.165, 1.54) is 12.1 Å². The van der Waals surface area contributed by atoms with Gasteiger partial charge in [0, 0.05) is 0 Å². The maximum absolute atomic E-state index is 12.0. The van der Waals surface area contributed by atoms with E-state index in [1.807, 2.05) is 0 Å². The molecule has 6 heteroatoms. The Hall–Kier alpha value is -1.72. The van der Waals surface area contributed by atoms with Crippen LogP contribution < -0.4 is 4.74 Å². The van der Waals surface area contributed by atoms with Crippen LogP contribution in [0.3, 0.4) is 0 Å². The lowest BCUT2D eigenvalue weighted by Gasteiger charge is -2.14. The van der Waals surface area contributed by atoms with Gasteiger partial charge in [-0.1, -0.05) is 0 Å². The lowest BCUT2D eigenvalue weighted by molar-refractivity contribution is -0.139. The van der Waals surface area contributed by atoms with Crippen molar-refractivity contribution in [2.24, 2.45) is 0 Å². The average Bonchev–Trinajstić information content (AvgIpc) is 2.20. The summed E-state index contributed by atoms with van der Waals surface area (Å²) in [6, 6.07) is 2.75.